The third kappa shape index (κ3) is 6.79. The molecule has 20 heavy (non-hydrogen) atoms. The van der Waals surface area contributed by atoms with Crippen LogP contribution in [0.1, 0.15) is 20.7 Å². The number of nitrogens with zero attached hydrogens (tertiary/aromatic N) is 2. The fraction of sp³-hybridized carbons (Fsp3) is 0. The van der Waals surface area contributed by atoms with Crippen molar-refractivity contribution >= 4 is 11.8 Å². The van der Waals surface area contributed by atoms with Crippen molar-refractivity contribution < 1.29 is 20.5 Å². The first-order chi connectivity index (χ1) is 8.61. The molecular weight excluding hydrogens is 264 g/mol. The second kappa shape index (κ2) is 10.1. The van der Waals surface area contributed by atoms with E-state index in [1.165, 1.54) is 24.8 Å². The summed E-state index contributed by atoms with van der Waals surface area (Å²) >= 11 is 0. The maximum absolute atomic E-state index is 10.4. The first kappa shape index (κ1) is 19.5. The predicted octanol–water partition coefficient (Wildman–Crippen LogP) is -1.29. The quantitative estimate of drug-likeness (QED) is 0.696. The number of nitrogens with two attached hydrogens (primary N) is 2. The standard InChI is InChI=1S/2C6H6N2O.2H2O/c2*7-6(9)5-1-3-8-4-2-5;;/h2*1-4H,(H2,7,9);2*1H2. The molecule has 2 rings (SSSR count). The van der Waals surface area contributed by atoms with Gasteiger partial charge in [0, 0.05) is 35.9 Å². The first-order valence-corrected chi connectivity index (χ1v) is 5.01. The third-order valence-electron chi connectivity index (χ3n) is 1.93. The fourth-order valence-corrected chi connectivity index (χ4v) is 1.03. The molecule has 2 aromatic rings. The summed E-state index contributed by atoms with van der Waals surface area (Å²) in [5.74, 6) is -0.838. The highest BCUT2D eigenvalue weighted by atomic mass is 16.1. The van der Waals surface area contributed by atoms with Crippen LogP contribution in [-0.2, 0) is 0 Å². The van der Waals surface area contributed by atoms with Crippen LogP contribution in [0.25, 0.3) is 0 Å². The van der Waals surface area contributed by atoms with Gasteiger partial charge >= 0.3 is 0 Å². The van der Waals surface area contributed by atoms with Gasteiger partial charge in [0.05, 0.1) is 0 Å². The van der Waals surface area contributed by atoms with Gasteiger partial charge in [-0.2, -0.15) is 0 Å². The van der Waals surface area contributed by atoms with Gasteiger partial charge in [0.2, 0.25) is 11.8 Å². The first-order valence-electron chi connectivity index (χ1n) is 5.01. The molecule has 8 N–H and O–H groups in total. The Morgan fingerprint density at radius 2 is 0.950 bits per heavy atom. The highest BCUT2D eigenvalue weighted by molar-refractivity contribution is 5.92. The topological polar surface area (TPSA) is 175 Å². The van der Waals surface area contributed by atoms with Crippen molar-refractivity contribution in [3.05, 3.63) is 60.2 Å². The van der Waals surface area contributed by atoms with E-state index in [2.05, 4.69) is 9.97 Å². The Balaban J connectivity index is 0. The lowest BCUT2D eigenvalue weighted by molar-refractivity contribution is 0.0991. The minimum Gasteiger partial charge on any atom is -0.412 e. The van der Waals surface area contributed by atoms with E-state index in [-0.39, 0.29) is 11.0 Å². The molecule has 0 bridgehead atoms. The Labute approximate surface area is 115 Å². The SMILES string of the molecule is NC(=O)c1ccncc1.NC(=O)c1ccncc1.O.O. The normalized spacial score (nSPS) is 8.00. The summed E-state index contributed by atoms with van der Waals surface area (Å²) in [7, 11) is 0. The second-order valence-corrected chi connectivity index (χ2v) is 3.20. The number of carbonyl (C=O) groups excluding carboxylic acids is 2. The number of carbonyl (C=O) groups is 2. The van der Waals surface area contributed by atoms with E-state index in [0.29, 0.717) is 11.1 Å². The van der Waals surface area contributed by atoms with E-state index < -0.39 is 11.8 Å². The molecule has 108 valence electrons. The van der Waals surface area contributed by atoms with Gasteiger partial charge in [0.25, 0.3) is 0 Å². The minimum absolute atomic E-state index is 0. The molecule has 8 heteroatoms. The molecule has 2 heterocycles. The van der Waals surface area contributed by atoms with Crippen molar-refractivity contribution in [1.82, 2.24) is 9.97 Å². The molecule has 0 saturated heterocycles. The van der Waals surface area contributed by atoms with E-state index >= 15 is 0 Å². The van der Waals surface area contributed by atoms with E-state index in [1.807, 2.05) is 0 Å². The highest BCUT2D eigenvalue weighted by Crippen LogP contribution is 1.92. The Bertz CT molecular complexity index is 470. The average molecular weight is 280 g/mol. The van der Waals surface area contributed by atoms with Crippen LogP contribution in [0, 0.1) is 0 Å². The molecule has 0 aliphatic rings. The van der Waals surface area contributed by atoms with Crippen LogP contribution in [-0.4, -0.2) is 32.7 Å². The van der Waals surface area contributed by atoms with Crippen LogP contribution in [0.4, 0.5) is 0 Å². The summed E-state index contributed by atoms with van der Waals surface area (Å²) < 4.78 is 0. The van der Waals surface area contributed by atoms with Crippen LogP contribution in [0.5, 0.6) is 0 Å². The Kier molecular flexibility index (Phi) is 9.86. The van der Waals surface area contributed by atoms with Crippen LogP contribution in [0.2, 0.25) is 0 Å². The molecule has 2 aromatic heterocycles. The zero-order valence-corrected chi connectivity index (χ0v) is 10.5. The van der Waals surface area contributed by atoms with Gasteiger partial charge in [-0.25, -0.2) is 0 Å². The lowest BCUT2D eigenvalue weighted by Gasteiger charge is -1.88. The summed E-state index contributed by atoms with van der Waals surface area (Å²) in [6, 6.07) is 6.29. The second-order valence-electron chi connectivity index (χ2n) is 3.20. The Morgan fingerprint density at radius 3 is 1.10 bits per heavy atom. The van der Waals surface area contributed by atoms with Crippen molar-refractivity contribution in [2.75, 3.05) is 0 Å². The number of pyridine rings is 2. The Morgan fingerprint density at radius 1 is 0.700 bits per heavy atom. The molecule has 0 unspecified atom stereocenters. The maximum atomic E-state index is 10.4. The smallest absolute Gasteiger partial charge is 0.248 e. The summed E-state index contributed by atoms with van der Waals surface area (Å²) in [4.78, 5) is 28.2. The number of aromatic nitrogens is 2. The molecule has 2 amide bonds. The van der Waals surface area contributed by atoms with Crippen LogP contribution >= 0.6 is 0 Å². The lowest BCUT2D eigenvalue weighted by Crippen LogP contribution is -2.10. The van der Waals surface area contributed by atoms with Gasteiger partial charge < -0.3 is 22.4 Å². The minimum atomic E-state index is -0.419. The van der Waals surface area contributed by atoms with Gasteiger partial charge in [-0.1, -0.05) is 0 Å². The summed E-state index contributed by atoms with van der Waals surface area (Å²) in [6.07, 6.45) is 6.11. The summed E-state index contributed by atoms with van der Waals surface area (Å²) in [5.41, 5.74) is 10.9. The van der Waals surface area contributed by atoms with Crippen molar-refractivity contribution in [1.29, 1.82) is 0 Å². The maximum Gasteiger partial charge on any atom is 0.248 e. The van der Waals surface area contributed by atoms with Gasteiger partial charge in [0.15, 0.2) is 0 Å². The van der Waals surface area contributed by atoms with E-state index in [4.69, 9.17) is 11.5 Å². The highest BCUT2D eigenvalue weighted by Gasteiger charge is 1.95. The molecule has 0 fully saturated rings. The predicted molar refractivity (Wildman–Crippen MR) is 72.7 cm³/mol. The molecule has 0 aliphatic heterocycles. The van der Waals surface area contributed by atoms with Crippen LogP contribution in [0.15, 0.2) is 49.1 Å². The van der Waals surface area contributed by atoms with Gasteiger partial charge in [-0.3, -0.25) is 19.6 Å². The zero-order chi connectivity index (χ0) is 13.4. The summed E-state index contributed by atoms with van der Waals surface area (Å²) in [5, 5.41) is 0. The molecule has 0 radical (unpaired) electrons. The molecule has 8 nitrogen and oxygen atoms in total. The van der Waals surface area contributed by atoms with Crippen LogP contribution < -0.4 is 11.5 Å². The molecule has 0 atom stereocenters. The molecule has 0 aromatic carbocycles. The monoisotopic (exact) mass is 280 g/mol. The molecule has 0 saturated carbocycles. The van der Waals surface area contributed by atoms with Crippen molar-refractivity contribution in [2.45, 2.75) is 0 Å². The molecule has 0 spiro atoms. The zero-order valence-electron chi connectivity index (χ0n) is 10.5. The van der Waals surface area contributed by atoms with Crippen molar-refractivity contribution in [3.8, 4) is 0 Å². The number of hydrogen-bond donors (Lipinski definition) is 2. The summed E-state index contributed by atoms with van der Waals surface area (Å²) in [6.45, 7) is 0. The van der Waals surface area contributed by atoms with E-state index in [0.717, 1.165) is 0 Å². The van der Waals surface area contributed by atoms with Crippen molar-refractivity contribution in [3.63, 3.8) is 0 Å². The number of primary amides is 2. The van der Waals surface area contributed by atoms with Gasteiger partial charge in [0.1, 0.15) is 0 Å². The number of hydrogen-bond acceptors (Lipinski definition) is 4. The average Bonchev–Trinajstić information content (AvgIpc) is 2.41. The fourth-order valence-electron chi connectivity index (χ4n) is 1.03. The van der Waals surface area contributed by atoms with Gasteiger partial charge in [-0.15, -0.1) is 0 Å². The van der Waals surface area contributed by atoms with Crippen molar-refractivity contribution in [2.24, 2.45) is 11.5 Å². The van der Waals surface area contributed by atoms with Crippen LogP contribution in [0.3, 0.4) is 0 Å². The third-order valence-corrected chi connectivity index (χ3v) is 1.93. The number of rotatable bonds is 2. The van der Waals surface area contributed by atoms with E-state index in [9.17, 15) is 9.59 Å². The molecular formula is C12H16N4O4. The number of amides is 2. The van der Waals surface area contributed by atoms with E-state index in [1.54, 1.807) is 24.3 Å². The largest absolute Gasteiger partial charge is 0.412 e. The molecule has 0 aliphatic carbocycles. The lowest BCUT2D eigenvalue weighted by atomic mass is 10.3. The Hall–Kier alpha value is -2.84. The van der Waals surface area contributed by atoms with Gasteiger partial charge in [-0.05, 0) is 24.3 Å².